The van der Waals surface area contributed by atoms with Crippen molar-refractivity contribution < 1.29 is 18.9 Å². The van der Waals surface area contributed by atoms with Crippen molar-refractivity contribution in [3.63, 3.8) is 0 Å². The normalized spacial score (nSPS) is 33.3. The fourth-order valence-corrected chi connectivity index (χ4v) is 2.48. The molecule has 0 aromatic heterocycles. The van der Waals surface area contributed by atoms with Crippen LogP contribution in [-0.4, -0.2) is 38.3 Å². The van der Waals surface area contributed by atoms with E-state index in [0.717, 1.165) is 5.56 Å². The predicted octanol–water partition coefficient (Wildman–Crippen LogP) is 1.90. The molecule has 3 rings (SSSR count). The van der Waals surface area contributed by atoms with Gasteiger partial charge in [-0.05, 0) is 5.56 Å². The molecule has 4 heteroatoms. The monoisotopic (exact) mass is 262 g/mol. The Labute approximate surface area is 112 Å². The minimum Gasteiger partial charge on any atom is -0.368 e. The highest BCUT2D eigenvalue weighted by atomic mass is 16.7. The first-order valence-electron chi connectivity index (χ1n) is 6.50. The average Bonchev–Trinajstić information content (AvgIpc) is 2.84. The minimum absolute atomic E-state index is 0.0699. The van der Waals surface area contributed by atoms with Gasteiger partial charge in [0.1, 0.15) is 18.3 Å². The van der Waals surface area contributed by atoms with Crippen molar-refractivity contribution in [1.29, 1.82) is 0 Å². The Morgan fingerprint density at radius 2 is 2.11 bits per heavy atom. The van der Waals surface area contributed by atoms with Crippen molar-refractivity contribution in [1.82, 2.24) is 0 Å². The fraction of sp³-hybridized carbons (Fsp3) is 0.467. The van der Waals surface area contributed by atoms with Gasteiger partial charge in [-0.25, -0.2) is 0 Å². The van der Waals surface area contributed by atoms with E-state index in [-0.39, 0.29) is 24.6 Å². The van der Waals surface area contributed by atoms with Crippen LogP contribution in [0.3, 0.4) is 0 Å². The van der Waals surface area contributed by atoms with Crippen molar-refractivity contribution >= 4 is 0 Å². The number of fused-ring (bicyclic) bond motifs is 1. The zero-order valence-electron chi connectivity index (χ0n) is 10.9. The number of benzene rings is 1. The summed E-state index contributed by atoms with van der Waals surface area (Å²) in [4.78, 5) is 0. The van der Waals surface area contributed by atoms with Crippen molar-refractivity contribution in [3.8, 4) is 0 Å². The van der Waals surface area contributed by atoms with E-state index >= 15 is 0 Å². The van der Waals surface area contributed by atoms with E-state index in [0.29, 0.717) is 13.2 Å². The van der Waals surface area contributed by atoms with Gasteiger partial charge in [0.05, 0.1) is 13.2 Å². The molecule has 1 saturated heterocycles. The first kappa shape index (κ1) is 12.8. The molecule has 0 radical (unpaired) electrons. The molecule has 2 heterocycles. The Morgan fingerprint density at radius 1 is 1.26 bits per heavy atom. The van der Waals surface area contributed by atoms with E-state index in [4.69, 9.17) is 18.9 Å². The average molecular weight is 262 g/mol. The maximum absolute atomic E-state index is 5.95. The molecule has 1 aromatic carbocycles. The quantitative estimate of drug-likeness (QED) is 0.777. The summed E-state index contributed by atoms with van der Waals surface area (Å²) in [6, 6.07) is 10.1. The summed E-state index contributed by atoms with van der Waals surface area (Å²) in [5, 5.41) is 0. The summed E-state index contributed by atoms with van der Waals surface area (Å²) in [5.74, 6) is 0. The number of methoxy groups -OCH3 is 1. The molecule has 4 atom stereocenters. The Kier molecular flexibility index (Phi) is 3.94. The molecule has 19 heavy (non-hydrogen) atoms. The third kappa shape index (κ3) is 2.72. The van der Waals surface area contributed by atoms with Gasteiger partial charge in [-0.15, -0.1) is 0 Å². The van der Waals surface area contributed by atoms with E-state index in [1.165, 1.54) is 0 Å². The lowest BCUT2D eigenvalue weighted by atomic mass is 10.1. The second-order valence-electron chi connectivity index (χ2n) is 4.69. The number of hydrogen-bond donors (Lipinski definition) is 0. The van der Waals surface area contributed by atoms with Crippen molar-refractivity contribution in [2.45, 2.75) is 31.2 Å². The smallest absolute Gasteiger partial charge is 0.186 e. The van der Waals surface area contributed by atoms with Crippen LogP contribution in [0.5, 0.6) is 0 Å². The van der Waals surface area contributed by atoms with E-state index < -0.39 is 0 Å². The van der Waals surface area contributed by atoms with E-state index in [1.807, 2.05) is 42.5 Å². The Hall–Kier alpha value is -1.20. The van der Waals surface area contributed by atoms with Crippen molar-refractivity contribution in [3.05, 3.63) is 48.0 Å². The van der Waals surface area contributed by atoms with E-state index in [2.05, 4.69) is 0 Å². The molecular formula is C15H18O4. The third-order valence-electron chi connectivity index (χ3n) is 3.44. The van der Waals surface area contributed by atoms with Crippen molar-refractivity contribution in [2.75, 3.05) is 13.7 Å². The van der Waals surface area contributed by atoms with Gasteiger partial charge in [0.2, 0.25) is 0 Å². The first-order chi connectivity index (χ1) is 9.38. The van der Waals surface area contributed by atoms with Crippen LogP contribution in [0.2, 0.25) is 0 Å². The highest BCUT2D eigenvalue weighted by Crippen LogP contribution is 2.30. The number of rotatable bonds is 4. The second-order valence-corrected chi connectivity index (χ2v) is 4.69. The highest BCUT2D eigenvalue weighted by Gasteiger charge is 2.46. The van der Waals surface area contributed by atoms with Gasteiger partial charge < -0.3 is 18.9 Å². The van der Waals surface area contributed by atoms with Crippen LogP contribution in [0.15, 0.2) is 42.5 Å². The summed E-state index contributed by atoms with van der Waals surface area (Å²) in [6.45, 7) is 1.14. The largest absolute Gasteiger partial charge is 0.368 e. The second kappa shape index (κ2) is 5.84. The molecule has 4 nitrogen and oxygen atoms in total. The molecule has 102 valence electrons. The molecular weight excluding hydrogens is 244 g/mol. The lowest BCUT2D eigenvalue weighted by Gasteiger charge is -2.24. The van der Waals surface area contributed by atoms with Gasteiger partial charge in [0.25, 0.3) is 0 Å². The number of ether oxygens (including phenoxy) is 4. The van der Waals surface area contributed by atoms with E-state index in [1.54, 1.807) is 7.11 Å². The van der Waals surface area contributed by atoms with Gasteiger partial charge in [-0.1, -0.05) is 42.5 Å². The van der Waals surface area contributed by atoms with Gasteiger partial charge in [-0.2, -0.15) is 0 Å². The van der Waals surface area contributed by atoms with Gasteiger partial charge in [0.15, 0.2) is 6.29 Å². The van der Waals surface area contributed by atoms with Crippen LogP contribution in [0.4, 0.5) is 0 Å². The molecule has 2 aliphatic heterocycles. The van der Waals surface area contributed by atoms with Crippen LogP contribution < -0.4 is 0 Å². The maximum Gasteiger partial charge on any atom is 0.186 e. The maximum atomic E-state index is 5.95. The Morgan fingerprint density at radius 3 is 2.89 bits per heavy atom. The SMILES string of the molecule is CO[C@@H]1O[C@@H]2C=CCO[C@H]2[C@H]1OCc1ccccc1. The summed E-state index contributed by atoms with van der Waals surface area (Å²) in [7, 11) is 1.63. The van der Waals surface area contributed by atoms with E-state index in [9.17, 15) is 0 Å². The lowest BCUT2D eigenvalue weighted by molar-refractivity contribution is -0.162. The Balaban J connectivity index is 1.66. The topological polar surface area (TPSA) is 36.9 Å². The summed E-state index contributed by atoms with van der Waals surface area (Å²) >= 11 is 0. The summed E-state index contributed by atoms with van der Waals surface area (Å²) in [5.41, 5.74) is 1.13. The highest BCUT2D eigenvalue weighted by molar-refractivity contribution is 5.14. The van der Waals surface area contributed by atoms with Gasteiger partial charge in [-0.3, -0.25) is 0 Å². The standard InChI is InChI=1S/C15H18O4/c1-16-15-14(13-12(19-15)8-5-9-17-13)18-10-11-6-3-2-4-7-11/h2-8,12-15H,9-10H2,1H3/t12-,13-,14-,15-/m1/s1. The minimum atomic E-state index is -0.374. The molecule has 1 aromatic rings. The van der Waals surface area contributed by atoms with Crippen LogP contribution in [0.25, 0.3) is 0 Å². The molecule has 1 fully saturated rings. The summed E-state index contributed by atoms with van der Waals surface area (Å²) in [6.07, 6.45) is 3.26. The molecule has 0 saturated carbocycles. The van der Waals surface area contributed by atoms with Crippen molar-refractivity contribution in [2.24, 2.45) is 0 Å². The molecule has 2 aliphatic rings. The zero-order valence-corrected chi connectivity index (χ0v) is 10.9. The number of hydrogen-bond acceptors (Lipinski definition) is 4. The van der Waals surface area contributed by atoms with Gasteiger partial charge >= 0.3 is 0 Å². The zero-order chi connectivity index (χ0) is 13.1. The predicted molar refractivity (Wildman–Crippen MR) is 69.6 cm³/mol. The lowest BCUT2D eigenvalue weighted by Crippen LogP contribution is -2.39. The van der Waals surface area contributed by atoms with Crippen LogP contribution in [-0.2, 0) is 25.6 Å². The first-order valence-corrected chi connectivity index (χ1v) is 6.50. The molecule has 0 amide bonds. The molecule has 0 N–H and O–H groups in total. The summed E-state index contributed by atoms with van der Waals surface area (Å²) < 4.78 is 22.8. The molecule has 0 spiro atoms. The molecule has 0 aliphatic carbocycles. The van der Waals surface area contributed by atoms with Crippen LogP contribution in [0, 0.1) is 0 Å². The van der Waals surface area contributed by atoms with Crippen LogP contribution >= 0.6 is 0 Å². The Bertz CT molecular complexity index is 431. The fourth-order valence-electron chi connectivity index (χ4n) is 2.48. The molecule has 0 bridgehead atoms. The van der Waals surface area contributed by atoms with Gasteiger partial charge in [0, 0.05) is 7.11 Å². The van der Waals surface area contributed by atoms with Crippen LogP contribution in [0.1, 0.15) is 5.56 Å². The third-order valence-corrected chi connectivity index (χ3v) is 3.44. The molecule has 0 unspecified atom stereocenters.